The van der Waals surface area contributed by atoms with Crippen molar-refractivity contribution in [2.24, 2.45) is 0 Å². The molecule has 2 aliphatic carbocycles. The molecular formula is C24H35N3O8. The molecule has 2 aliphatic heterocycles. The third kappa shape index (κ3) is 5.24. The van der Waals surface area contributed by atoms with E-state index in [2.05, 4.69) is 15.3 Å². The lowest BCUT2D eigenvalue weighted by Crippen LogP contribution is -2.53. The highest BCUT2D eigenvalue weighted by Crippen LogP contribution is 2.44. The van der Waals surface area contributed by atoms with Crippen LogP contribution in [0.1, 0.15) is 69.9 Å². The molecule has 4 N–H and O–H groups in total. The largest absolute Gasteiger partial charge is 0.480 e. The number of H-pyrrole nitrogens is 1. The van der Waals surface area contributed by atoms with Crippen molar-refractivity contribution in [1.29, 1.82) is 0 Å². The summed E-state index contributed by atoms with van der Waals surface area (Å²) >= 11 is 0. The number of ether oxygens (including phenoxy) is 4. The molecule has 4 aliphatic rings. The van der Waals surface area contributed by atoms with Gasteiger partial charge in [0.2, 0.25) is 0 Å². The normalized spacial score (nSPS) is 31.4. The van der Waals surface area contributed by atoms with E-state index in [4.69, 9.17) is 18.9 Å². The molecule has 0 radical (unpaired) electrons. The first-order valence-corrected chi connectivity index (χ1v) is 12.7. The molecule has 2 saturated heterocycles. The van der Waals surface area contributed by atoms with Gasteiger partial charge in [0.1, 0.15) is 24.4 Å². The summed E-state index contributed by atoms with van der Waals surface area (Å²) in [6.07, 6.45) is 7.77. The minimum absolute atomic E-state index is 0.0368. The molecule has 11 heteroatoms. The Bertz CT molecular complexity index is 881. The van der Waals surface area contributed by atoms with Crippen LogP contribution in [0.3, 0.4) is 0 Å². The Morgan fingerprint density at radius 3 is 2.37 bits per heavy atom. The number of carboxylic acid groups (broad SMARTS) is 1. The average Bonchev–Trinajstić information content (AvgIpc) is 3.59. The SMILES string of the molecule is O=C(O)[C@H](Cc1cnc[nH]1)NC(=O)[C@@H]1OC2(CCCCC2)O[C@@H]1[C@H](O)[C@@H]1COC2(CCCCC2)O1. The van der Waals surface area contributed by atoms with Gasteiger partial charge in [-0.2, -0.15) is 0 Å². The second-order valence-electron chi connectivity index (χ2n) is 10.2. The molecule has 0 unspecified atom stereocenters. The van der Waals surface area contributed by atoms with E-state index in [1.54, 1.807) is 0 Å². The minimum atomic E-state index is -1.19. The molecule has 0 bridgehead atoms. The minimum Gasteiger partial charge on any atom is -0.480 e. The van der Waals surface area contributed by atoms with Crippen LogP contribution in [0, 0.1) is 0 Å². The Labute approximate surface area is 203 Å². The van der Waals surface area contributed by atoms with Gasteiger partial charge in [-0.1, -0.05) is 12.8 Å². The summed E-state index contributed by atoms with van der Waals surface area (Å²) in [6, 6.07) is -1.19. The summed E-state index contributed by atoms with van der Waals surface area (Å²) in [4.78, 5) is 32.0. The highest BCUT2D eigenvalue weighted by atomic mass is 16.8. The number of aromatic amines is 1. The molecule has 5 atom stereocenters. The molecule has 2 spiro atoms. The molecule has 3 heterocycles. The molecule has 5 rings (SSSR count). The van der Waals surface area contributed by atoms with Crippen LogP contribution in [0.2, 0.25) is 0 Å². The second-order valence-corrected chi connectivity index (χ2v) is 10.2. The lowest BCUT2D eigenvalue weighted by Gasteiger charge is -2.34. The number of aliphatic carboxylic acids is 1. The van der Waals surface area contributed by atoms with E-state index in [1.165, 1.54) is 12.5 Å². The first-order valence-electron chi connectivity index (χ1n) is 12.7. The van der Waals surface area contributed by atoms with Gasteiger partial charge in [-0.3, -0.25) is 4.79 Å². The standard InChI is InChI=1S/C24H35N3O8/c28-18(17-13-32-23(33-17)7-3-1-4-8-23)19-20(35-24(34-19)9-5-2-6-10-24)21(29)27-16(22(30)31)11-15-12-25-14-26-15/h12,14,16-20,28H,1-11,13H2,(H,25,26)(H,27,29)(H,30,31)/t16-,17-,18+,19+,20+/m0/s1. The molecule has 0 aromatic carbocycles. The lowest BCUT2D eigenvalue weighted by atomic mass is 9.94. The summed E-state index contributed by atoms with van der Waals surface area (Å²) in [6.45, 7) is 0.208. The molecule has 11 nitrogen and oxygen atoms in total. The third-order valence-electron chi connectivity index (χ3n) is 7.67. The Morgan fingerprint density at radius 1 is 1.06 bits per heavy atom. The van der Waals surface area contributed by atoms with Crippen molar-refractivity contribution in [3.8, 4) is 0 Å². The fourth-order valence-electron chi connectivity index (χ4n) is 5.79. The maximum atomic E-state index is 13.4. The number of carbonyl (C=O) groups excluding carboxylic acids is 1. The van der Waals surface area contributed by atoms with E-state index in [9.17, 15) is 19.8 Å². The summed E-state index contributed by atoms with van der Waals surface area (Å²) < 4.78 is 24.7. The quantitative estimate of drug-likeness (QED) is 0.442. The smallest absolute Gasteiger partial charge is 0.326 e. The Kier molecular flexibility index (Phi) is 7.13. The Morgan fingerprint density at radius 2 is 1.74 bits per heavy atom. The number of carbonyl (C=O) groups is 2. The molecule has 1 aromatic rings. The van der Waals surface area contributed by atoms with Crippen LogP contribution >= 0.6 is 0 Å². The van der Waals surface area contributed by atoms with E-state index in [1.807, 2.05) is 0 Å². The maximum Gasteiger partial charge on any atom is 0.326 e. The number of nitrogens with zero attached hydrogens (tertiary/aromatic N) is 1. The van der Waals surface area contributed by atoms with Crippen LogP contribution in [-0.4, -0.2) is 80.7 Å². The van der Waals surface area contributed by atoms with Crippen molar-refractivity contribution < 1.29 is 38.7 Å². The molecule has 1 amide bonds. The van der Waals surface area contributed by atoms with Gasteiger partial charge < -0.3 is 39.5 Å². The van der Waals surface area contributed by atoms with Gasteiger partial charge in [-0.15, -0.1) is 0 Å². The lowest BCUT2D eigenvalue weighted by molar-refractivity contribution is -0.217. The van der Waals surface area contributed by atoms with Crippen molar-refractivity contribution in [3.05, 3.63) is 18.2 Å². The van der Waals surface area contributed by atoms with E-state index in [-0.39, 0.29) is 13.0 Å². The summed E-state index contributed by atoms with van der Waals surface area (Å²) in [5.74, 6) is -3.45. The number of hydrogen-bond acceptors (Lipinski definition) is 8. The number of aromatic nitrogens is 2. The molecular weight excluding hydrogens is 458 g/mol. The van der Waals surface area contributed by atoms with Crippen molar-refractivity contribution in [1.82, 2.24) is 15.3 Å². The third-order valence-corrected chi connectivity index (χ3v) is 7.67. The van der Waals surface area contributed by atoms with Crippen LogP contribution in [0.25, 0.3) is 0 Å². The number of amides is 1. The topological polar surface area (TPSA) is 152 Å². The molecule has 35 heavy (non-hydrogen) atoms. The Balaban J connectivity index is 1.31. The zero-order chi connectivity index (χ0) is 24.5. The van der Waals surface area contributed by atoms with E-state index >= 15 is 0 Å². The van der Waals surface area contributed by atoms with Crippen LogP contribution in [0.4, 0.5) is 0 Å². The predicted octanol–water partition coefficient (Wildman–Crippen LogP) is 1.40. The molecule has 4 fully saturated rings. The summed E-state index contributed by atoms with van der Waals surface area (Å²) in [5.41, 5.74) is 0.580. The number of aliphatic hydroxyl groups excluding tert-OH is 1. The maximum absolute atomic E-state index is 13.4. The predicted molar refractivity (Wildman–Crippen MR) is 120 cm³/mol. The number of nitrogens with one attached hydrogen (secondary N) is 2. The second kappa shape index (κ2) is 10.1. The summed E-state index contributed by atoms with van der Waals surface area (Å²) in [7, 11) is 0. The molecule has 194 valence electrons. The van der Waals surface area contributed by atoms with E-state index in [0.29, 0.717) is 18.5 Å². The molecule has 2 saturated carbocycles. The van der Waals surface area contributed by atoms with E-state index < -0.39 is 53.9 Å². The highest BCUT2D eigenvalue weighted by Gasteiger charge is 2.56. The zero-order valence-electron chi connectivity index (χ0n) is 19.8. The van der Waals surface area contributed by atoms with Crippen molar-refractivity contribution >= 4 is 11.9 Å². The Hall–Kier alpha value is -2.05. The van der Waals surface area contributed by atoms with E-state index in [0.717, 1.165) is 51.4 Å². The van der Waals surface area contributed by atoms with Crippen LogP contribution < -0.4 is 5.32 Å². The van der Waals surface area contributed by atoms with Gasteiger partial charge in [-0.05, 0) is 25.7 Å². The number of carboxylic acids is 1. The fourth-order valence-corrected chi connectivity index (χ4v) is 5.79. The molecule has 1 aromatic heterocycles. The van der Waals surface area contributed by atoms with Gasteiger partial charge in [0, 0.05) is 44.0 Å². The first-order chi connectivity index (χ1) is 16.9. The van der Waals surface area contributed by atoms with Crippen molar-refractivity contribution in [3.63, 3.8) is 0 Å². The van der Waals surface area contributed by atoms with Crippen LogP contribution in [-0.2, 0) is 35.0 Å². The van der Waals surface area contributed by atoms with Gasteiger partial charge in [0.15, 0.2) is 17.7 Å². The number of rotatable bonds is 7. The van der Waals surface area contributed by atoms with Gasteiger partial charge >= 0.3 is 5.97 Å². The number of aliphatic hydroxyl groups is 1. The fraction of sp³-hybridized carbons (Fsp3) is 0.792. The van der Waals surface area contributed by atoms with Gasteiger partial charge in [-0.25, -0.2) is 9.78 Å². The monoisotopic (exact) mass is 493 g/mol. The average molecular weight is 494 g/mol. The van der Waals surface area contributed by atoms with Crippen molar-refractivity contribution in [2.45, 2.75) is 113 Å². The van der Waals surface area contributed by atoms with Crippen molar-refractivity contribution in [2.75, 3.05) is 6.61 Å². The van der Waals surface area contributed by atoms with Gasteiger partial charge in [0.25, 0.3) is 5.91 Å². The first kappa shape index (κ1) is 24.6. The number of hydrogen-bond donors (Lipinski definition) is 4. The zero-order valence-corrected chi connectivity index (χ0v) is 19.8. The number of imidazole rings is 1. The summed E-state index contributed by atoms with van der Waals surface area (Å²) in [5, 5.41) is 23.6. The van der Waals surface area contributed by atoms with Gasteiger partial charge in [0.05, 0.1) is 12.9 Å². The van der Waals surface area contributed by atoms with Crippen LogP contribution in [0.5, 0.6) is 0 Å². The van der Waals surface area contributed by atoms with Crippen LogP contribution in [0.15, 0.2) is 12.5 Å². The highest BCUT2D eigenvalue weighted by molar-refractivity contribution is 5.87.